The normalized spacial score (nSPS) is 17.8. The van der Waals surface area contributed by atoms with Gasteiger partial charge >= 0.3 is 0 Å². The number of hydrogen-bond donors (Lipinski definition) is 1. The highest BCUT2D eigenvalue weighted by atomic mass is 16.3. The van der Waals surface area contributed by atoms with Gasteiger partial charge in [0.05, 0.1) is 0 Å². The monoisotopic (exact) mass is 289 g/mol. The lowest BCUT2D eigenvalue weighted by Crippen LogP contribution is -2.39. The molecule has 3 nitrogen and oxygen atoms in total. The van der Waals surface area contributed by atoms with Gasteiger partial charge in [-0.2, -0.15) is 0 Å². The highest BCUT2D eigenvalue weighted by Gasteiger charge is 2.23. The van der Waals surface area contributed by atoms with Gasteiger partial charge in [-0.05, 0) is 42.2 Å². The van der Waals surface area contributed by atoms with Crippen LogP contribution in [-0.4, -0.2) is 35.6 Å². The maximum absolute atomic E-state index is 12.4. The summed E-state index contributed by atoms with van der Waals surface area (Å²) in [6, 6.07) is 8.61. The van der Waals surface area contributed by atoms with Crippen LogP contribution in [0, 0.1) is 5.92 Å². The van der Waals surface area contributed by atoms with E-state index in [1.165, 1.54) is 11.1 Å². The number of amides is 1. The van der Waals surface area contributed by atoms with E-state index in [0.29, 0.717) is 12.3 Å². The highest BCUT2D eigenvalue weighted by molar-refractivity contribution is 5.77. The first-order valence-electron chi connectivity index (χ1n) is 8.11. The van der Waals surface area contributed by atoms with Crippen LogP contribution >= 0.6 is 0 Å². The number of carbonyl (C=O) groups is 1. The molecule has 1 saturated heterocycles. The topological polar surface area (TPSA) is 40.5 Å². The van der Waals surface area contributed by atoms with Crippen LogP contribution < -0.4 is 0 Å². The van der Waals surface area contributed by atoms with Crippen molar-refractivity contribution in [3.63, 3.8) is 0 Å². The predicted molar refractivity (Wildman–Crippen MR) is 85.2 cm³/mol. The third-order valence-electron chi connectivity index (χ3n) is 4.66. The van der Waals surface area contributed by atoms with Crippen molar-refractivity contribution >= 4 is 5.91 Å². The van der Waals surface area contributed by atoms with Crippen LogP contribution in [0.4, 0.5) is 0 Å². The summed E-state index contributed by atoms with van der Waals surface area (Å²) in [6.45, 7) is 6.12. The molecule has 2 rings (SSSR count). The molecule has 0 bridgehead atoms. The third-order valence-corrected chi connectivity index (χ3v) is 4.66. The third kappa shape index (κ3) is 4.31. The quantitative estimate of drug-likeness (QED) is 0.905. The molecule has 116 valence electrons. The molecule has 0 spiro atoms. The van der Waals surface area contributed by atoms with E-state index in [4.69, 9.17) is 5.11 Å². The predicted octanol–water partition coefficient (Wildman–Crippen LogP) is 2.97. The summed E-state index contributed by atoms with van der Waals surface area (Å²) in [6.07, 6.45) is 3.49. The summed E-state index contributed by atoms with van der Waals surface area (Å²) in [5.74, 6) is 0.894. The van der Waals surface area contributed by atoms with Crippen LogP contribution in [-0.2, 0) is 11.2 Å². The maximum Gasteiger partial charge on any atom is 0.223 e. The molecule has 1 N–H and O–H groups in total. The van der Waals surface area contributed by atoms with Gasteiger partial charge in [0.2, 0.25) is 5.91 Å². The largest absolute Gasteiger partial charge is 0.396 e. The molecule has 0 radical (unpaired) electrons. The number of nitrogens with zero attached hydrogens (tertiary/aromatic N) is 1. The Kier molecular flexibility index (Phi) is 5.80. The van der Waals surface area contributed by atoms with Crippen LogP contribution in [0.15, 0.2) is 24.3 Å². The van der Waals surface area contributed by atoms with E-state index in [-0.39, 0.29) is 18.4 Å². The minimum absolute atomic E-state index is 0.249. The molecule has 1 aromatic rings. The van der Waals surface area contributed by atoms with Gasteiger partial charge in [0.15, 0.2) is 0 Å². The van der Waals surface area contributed by atoms with E-state index < -0.39 is 0 Å². The van der Waals surface area contributed by atoms with Crippen molar-refractivity contribution in [3.8, 4) is 0 Å². The molecule has 1 aliphatic rings. The Morgan fingerprint density at radius 1 is 1.29 bits per heavy atom. The molecule has 1 aliphatic heterocycles. The van der Waals surface area contributed by atoms with Crippen molar-refractivity contribution < 1.29 is 9.90 Å². The zero-order valence-corrected chi connectivity index (χ0v) is 13.2. The number of aliphatic hydroxyl groups excluding tert-OH is 1. The molecular formula is C18H27NO2. The molecule has 1 unspecified atom stereocenters. The second-order valence-electron chi connectivity index (χ2n) is 6.21. The maximum atomic E-state index is 12.4. The van der Waals surface area contributed by atoms with Crippen LogP contribution in [0.3, 0.4) is 0 Å². The molecule has 3 heteroatoms. The van der Waals surface area contributed by atoms with Crippen molar-refractivity contribution in [3.05, 3.63) is 35.4 Å². The van der Waals surface area contributed by atoms with Gasteiger partial charge in [-0.25, -0.2) is 0 Å². The molecule has 1 fully saturated rings. The van der Waals surface area contributed by atoms with E-state index in [1.54, 1.807) is 0 Å². The zero-order chi connectivity index (χ0) is 15.2. The number of carbonyl (C=O) groups excluding carboxylic acids is 1. The molecule has 1 aromatic carbocycles. The van der Waals surface area contributed by atoms with Crippen molar-refractivity contribution in [2.24, 2.45) is 5.92 Å². The first-order valence-corrected chi connectivity index (χ1v) is 8.11. The molecule has 1 atom stereocenters. The highest BCUT2D eigenvalue weighted by Crippen LogP contribution is 2.23. The first-order chi connectivity index (χ1) is 10.1. The van der Waals surface area contributed by atoms with E-state index in [0.717, 1.165) is 32.4 Å². The summed E-state index contributed by atoms with van der Waals surface area (Å²) >= 11 is 0. The second-order valence-corrected chi connectivity index (χ2v) is 6.21. The lowest BCUT2D eigenvalue weighted by molar-refractivity contribution is -0.133. The number of rotatable bonds is 5. The van der Waals surface area contributed by atoms with E-state index in [9.17, 15) is 4.79 Å². The number of aryl methyl sites for hydroxylation is 1. The Hall–Kier alpha value is -1.35. The standard InChI is InChI=1S/C18H27NO2/c1-3-15-4-6-17(7-5-15)14(2)12-18(21)19-10-8-16(13-20)9-11-19/h4-7,14,16,20H,3,8-13H2,1-2H3. The van der Waals surface area contributed by atoms with E-state index in [1.807, 2.05) is 4.90 Å². The lowest BCUT2D eigenvalue weighted by Gasteiger charge is -2.32. The summed E-state index contributed by atoms with van der Waals surface area (Å²) in [5, 5.41) is 9.15. The molecule has 0 aromatic heterocycles. The minimum Gasteiger partial charge on any atom is -0.396 e. The summed E-state index contributed by atoms with van der Waals surface area (Å²) in [4.78, 5) is 14.3. The Balaban J connectivity index is 1.86. The van der Waals surface area contributed by atoms with Gasteiger partial charge in [-0.15, -0.1) is 0 Å². The van der Waals surface area contributed by atoms with Gasteiger partial charge in [-0.1, -0.05) is 38.1 Å². The zero-order valence-electron chi connectivity index (χ0n) is 13.2. The lowest BCUT2D eigenvalue weighted by atomic mass is 9.94. The molecule has 0 aliphatic carbocycles. The number of piperidine rings is 1. The first kappa shape index (κ1) is 16.0. The number of hydrogen-bond acceptors (Lipinski definition) is 2. The molecule has 21 heavy (non-hydrogen) atoms. The van der Waals surface area contributed by atoms with Crippen LogP contribution in [0.2, 0.25) is 0 Å². The van der Waals surface area contributed by atoms with Gasteiger partial charge in [0, 0.05) is 26.1 Å². The summed E-state index contributed by atoms with van der Waals surface area (Å²) < 4.78 is 0. The van der Waals surface area contributed by atoms with Gasteiger partial charge < -0.3 is 10.0 Å². The second kappa shape index (κ2) is 7.60. The van der Waals surface area contributed by atoms with Crippen LogP contribution in [0.25, 0.3) is 0 Å². The fourth-order valence-corrected chi connectivity index (χ4v) is 2.96. The van der Waals surface area contributed by atoms with Gasteiger partial charge in [0.1, 0.15) is 0 Å². The van der Waals surface area contributed by atoms with Crippen molar-refractivity contribution in [2.75, 3.05) is 19.7 Å². The average molecular weight is 289 g/mol. The molecule has 1 amide bonds. The molecular weight excluding hydrogens is 262 g/mol. The summed E-state index contributed by atoms with van der Waals surface area (Å²) in [7, 11) is 0. The van der Waals surface area contributed by atoms with Gasteiger partial charge in [0.25, 0.3) is 0 Å². The Bertz CT molecular complexity index is 447. The van der Waals surface area contributed by atoms with Gasteiger partial charge in [-0.3, -0.25) is 4.79 Å². The Labute approximate surface area is 128 Å². The van der Waals surface area contributed by atoms with E-state index >= 15 is 0 Å². The van der Waals surface area contributed by atoms with Crippen LogP contribution in [0.5, 0.6) is 0 Å². The van der Waals surface area contributed by atoms with Crippen molar-refractivity contribution in [2.45, 2.75) is 45.4 Å². The average Bonchev–Trinajstić information content (AvgIpc) is 2.55. The smallest absolute Gasteiger partial charge is 0.223 e. The fourth-order valence-electron chi connectivity index (χ4n) is 2.96. The Morgan fingerprint density at radius 3 is 2.43 bits per heavy atom. The number of benzene rings is 1. The molecule has 1 heterocycles. The Morgan fingerprint density at radius 2 is 1.90 bits per heavy atom. The number of aliphatic hydroxyl groups is 1. The molecule has 0 saturated carbocycles. The fraction of sp³-hybridized carbons (Fsp3) is 0.611. The van der Waals surface area contributed by atoms with Crippen molar-refractivity contribution in [1.29, 1.82) is 0 Å². The summed E-state index contributed by atoms with van der Waals surface area (Å²) in [5.41, 5.74) is 2.58. The number of likely N-dealkylation sites (tertiary alicyclic amines) is 1. The van der Waals surface area contributed by atoms with Crippen LogP contribution in [0.1, 0.15) is 50.2 Å². The minimum atomic E-state index is 0.249. The van der Waals surface area contributed by atoms with Crippen molar-refractivity contribution in [1.82, 2.24) is 4.90 Å². The SMILES string of the molecule is CCc1ccc(C(C)CC(=O)N2CCC(CO)CC2)cc1. The van der Waals surface area contributed by atoms with E-state index in [2.05, 4.69) is 38.1 Å².